The zero-order chi connectivity index (χ0) is 10.4. The fraction of sp³-hybridized carbons (Fsp3) is 0.333. The second-order valence-electron chi connectivity index (χ2n) is 3.20. The summed E-state index contributed by atoms with van der Waals surface area (Å²) in [6.45, 7) is 1.95. The maximum absolute atomic E-state index is 9.19. The van der Waals surface area contributed by atoms with Crippen LogP contribution in [0, 0.1) is 12.3 Å². The van der Waals surface area contributed by atoms with Crippen LogP contribution in [-0.2, 0) is 0 Å². The lowest BCUT2D eigenvalue weighted by atomic mass is 10.1. The van der Waals surface area contributed by atoms with Crippen LogP contribution in [0.1, 0.15) is 18.5 Å². The summed E-state index contributed by atoms with van der Waals surface area (Å²) in [5.74, 6) is 2.58. The van der Waals surface area contributed by atoms with Gasteiger partial charge in [0.1, 0.15) is 0 Å². The Hall–Kier alpha value is -1.30. The van der Waals surface area contributed by atoms with E-state index >= 15 is 0 Å². The third-order valence-electron chi connectivity index (χ3n) is 2.09. The van der Waals surface area contributed by atoms with Gasteiger partial charge in [-0.2, -0.15) is 0 Å². The van der Waals surface area contributed by atoms with E-state index in [9.17, 15) is 5.11 Å². The Morgan fingerprint density at radius 3 is 2.57 bits per heavy atom. The van der Waals surface area contributed by atoms with E-state index in [1.165, 1.54) is 0 Å². The third-order valence-corrected chi connectivity index (χ3v) is 2.09. The van der Waals surface area contributed by atoms with Gasteiger partial charge < -0.3 is 5.11 Å². The Bertz CT molecular complexity index is 302. The second-order valence-corrected chi connectivity index (χ2v) is 3.20. The van der Waals surface area contributed by atoms with Crippen molar-refractivity contribution in [3.63, 3.8) is 0 Å². The van der Waals surface area contributed by atoms with Gasteiger partial charge in [0.15, 0.2) is 0 Å². The van der Waals surface area contributed by atoms with Gasteiger partial charge in [0.2, 0.25) is 0 Å². The highest BCUT2D eigenvalue weighted by atomic mass is 16.3. The summed E-state index contributed by atoms with van der Waals surface area (Å²) in [7, 11) is 0. The number of hydrogen-bond donors (Lipinski definition) is 2. The molecule has 0 aliphatic carbocycles. The van der Waals surface area contributed by atoms with E-state index in [4.69, 9.17) is 6.42 Å². The first-order chi connectivity index (χ1) is 6.77. The molecule has 0 heterocycles. The Morgan fingerprint density at radius 2 is 2.07 bits per heavy atom. The van der Waals surface area contributed by atoms with E-state index in [0.29, 0.717) is 0 Å². The Balaban J connectivity index is 2.69. The van der Waals surface area contributed by atoms with Crippen molar-refractivity contribution in [1.82, 2.24) is 5.32 Å². The number of benzene rings is 1. The van der Waals surface area contributed by atoms with Gasteiger partial charge >= 0.3 is 0 Å². The zero-order valence-corrected chi connectivity index (χ0v) is 8.27. The number of terminal acetylenes is 1. The quantitative estimate of drug-likeness (QED) is 0.700. The van der Waals surface area contributed by atoms with E-state index in [1.54, 1.807) is 0 Å². The molecule has 14 heavy (non-hydrogen) atoms. The van der Waals surface area contributed by atoms with Crippen LogP contribution in [0.3, 0.4) is 0 Å². The molecule has 1 aromatic carbocycles. The van der Waals surface area contributed by atoms with Crippen molar-refractivity contribution in [2.24, 2.45) is 0 Å². The number of aliphatic hydroxyl groups is 1. The van der Waals surface area contributed by atoms with Gasteiger partial charge in [0.05, 0.1) is 18.7 Å². The van der Waals surface area contributed by atoms with E-state index < -0.39 is 0 Å². The summed E-state index contributed by atoms with van der Waals surface area (Å²) in [5.41, 5.74) is 1.05. The maximum atomic E-state index is 9.19. The van der Waals surface area contributed by atoms with Gasteiger partial charge in [0.25, 0.3) is 0 Å². The van der Waals surface area contributed by atoms with Crippen LogP contribution >= 0.6 is 0 Å². The molecule has 0 radical (unpaired) electrons. The Kier molecular flexibility index (Phi) is 4.18. The first-order valence-electron chi connectivity index (χ1n) is 4.66. The molecule has 1 aromatic rings. The highest BCUT2D eigenvalue weighted by molar-refractivity contribution is 5.19. The summed E-state index contributed by atoms with van der Waals surface area (Å²) in [6, 6.07) is 9.66. The van der Waals surface area contributed by atoms with Crippen molar-refractivity contribution in [3.05, 3.63) is 35.9 Å². The topological polar surface area (TPSA) is 32.3 Å². The highest BCUT2D eigenvalue weighted by Crippen LogP contribution is 2.11. The third kappa shape index (κ3) is 2.88. The zero-order valence-electron chi connectivity index (χ0n) is 8.27. The van der Waals surface area contributed by atoms with Crippen LogP contribution < -0.4 is 5.32 Å². The highest BCUT2D eigenvalue weighted by Gasteiger charge is 2.10. The Morgan fingerprint density at radius 1 is 1.43 bits per heavy atom. The summed E-state index contributed by atoms with van der Waals surface area (Å²) < 4.78 is 0. The van der Waals surface area contributed by atoms with Crippen molar-refractivity contribution in [2.45, 2.75) is 19.0 Å². The van der Waals surface area contributed by atoms with Crippen molar-refractivity contribution >= 4 is 0 Å². The van der Waals surface area contributed by atoms with Gasteiger partial charge in [-0.05, 0) is 12.5 Å². The van der Waals surface area contributed by atoms with E-state index in [1.807, 2.05) is 37.3 Å². The van der Waals surface area contributed by atoms with E-state index in [-0.39, 0.29) is 18.7 Å². The fourth-order valence-electron chi connectivity index (χ4n) is 1.29. The molecule has 2 heteroatoms. The molecule has 0 fully saturated rings. The van der Waals surface area contributed by atoms with Crippen molar-refractivity contribution in [3.8, 4) is 12.3 Å². The van der Waals surface area contributed by atoms with Crippen LogP contribution in [0.4, 0.5) is 0 Å². The molecule has 0 saturated heterocycles. The second kappa shape index (κ2) is 5.43. The van der Waals surface area contributed by atoms with Gasteiger partial charge in [-0.3, -0.25) is 5.32 Å². The molecular formula is C12H15NO. The smallest absolute Gasteiger partial charge is 0.0663 e. The van der Waals surface area contributed by atoms with Crippen molar-refractivity contribution < 1.29 is 5.11 Å². The lowest BCUT2D eigenvalue weighted by Gasteiger charge is -2.18. The van der Waals surface area contributed by atoms with Crippen molar-refractivity contribution in [2.75, 3.05) is 6.61 Å². The maximum Gasteiger partial charge on any atom is 0.0663 e. The van der Waals surface area contributed by atoms with Crippen LogP contribution in [0.5, 0.6) is 0 Å². The lowest BCUT2D eigenvalue weighted by Crippen LogP contribution is -2.31. The molecule has 0 aromatic heterocycles. The summed E-state index contributed by atoms with van der Waals surface area (Å²) >= 11 is 0. The molecule has 0 amide bonds. The minimum Gasteiger partial charge on any atom is -0.394 e. The van der Waals surface area contributed by atoms with Crippen LogP contribution in [0.25, 0.3) is 0 Å². The molecule has 0 spiro atoms. The largest absolute Gasteiger partial charge is 0.394 e. The van der Waals surface area contributed by atoms with Gasteiger partial charge in [-0.1, -0.05) is 36.3 Å². The van der Waals surface area contributed by atoms with Gasteiger partial charge in [-0.15, -0.1) is 6.42 Å². The molecule has 0 aliphatic rings. The normalized spacial score (nSPS) is 14.4. The Labute approximate surface area is 85.0 Å². The van der Waals surface area contributed by atoms with Crippen LogP contribution in [0.2, 0.25) is 0 Å². The summed E-state index contributed by atoms with van der Waals surface area (Å²) in [5, 5.41) is 12.3. The molecule has 1 rings (SSSR count). The lowest BCUT2D eigenvalue weighted by molar-refractivity contribution is 0.241. The molecule has 2 atom stereocenters. The molecule has 0 bridgehead atoms. The van der Waals surface area contributed by atoms with Gasteiger partial charge in [0, 0.05) is 0 Å². The van der Waals surface area contributed by atoms with E-state index in [2.05, 4.69) is 11.2 Å². The molecule has 2 nitrogen and oxygen atoms in total. The number of rotatable bonds is 4. The summed E-state index contributed by atoms with van der Waals surface area (Å²) in [6.07, 6.45) is 5.26. The molecular weight excluding hydrogens is 174 g/mol. The summed E-state index contributed by atoms with van der Waals surface area (Å²) in [4.78, 5) is 0. The molecule has 0 unspecified atom stereocenters. The fourth-order valence-corrected chi connectivity index (χ4v) is 1.29. The standard InChI is InChI=1S/C12H15NO/c1-3-10(2)13-12(9-14)11-7-5-4-6-8-11/h1,4-8,10,12-14H,9H2,2H3/t10-,12+/m1/s1. The predicted octanol–water partition coefficient (Wildman–Crippen LogP) is 1.33. The van der Waals surface area contributed by atoms with Crippen LogP contribution in [0.15, 0.2) is 30.3 Å². The number of nitrogens with one attached hydrogen (secondary N) is 1. The average Bonchev–Trinajstić information content (AvgIpc) is 2.26. The number of aliphatic hydroxyl groups excluding tert-OH is 1. The SMILES string of the molecule is C#C[C@@H](C)N[C@@H](CO)c1ccccc1. The van der Waals surface area contributed by atoms with Crippen LogP contribution in [-0.4, -0.2) is 17.8 Å². The first-order valence-corrected chi connectivity index (χ1v) is 4.66. The van der Waals surface area contributed by atoms with Crippen molar-refractivity contribution in [1.29, 1.82) is 0 Å². The van der Waals surface area contributed by atoms with E-state index in [0.717, 1.165) is 5.56 Å². The minimum atomic E-state index is -0.0813. The molecule has 0 aliphatic heterocycles. The molecule has 2 N–H and O–H groups in total. The minimum absolute atomic E-state index is 0.0349. The van der Waals surface area contributed by atoms with Gasteiger partial charge in [-0.25, -0.2) is 0 Å². The number of hydrogen-bond acceptors (Lipinski definition) is 2. The molecule has 0 saturated carbocycles. The first kappa shape index (κ1) is 10.8. The predicted molar refractivity (Wildman–Crippen MR) is 57.7 cm³/mol. The average molecular weight is 189 g/mol. The molecule has 74 valence electrons. The monoisotopic (exact) mass is 189 g/mol.